The van der Waals surface area contributed by atoms with Crippen molar-refractivity contribution in [2.75, 3.05) is 13.1 Å². The molecule has 0 radical (unpaired) electrons. The zero-order valence-corrected chi connectivity index (χ0v) is 17.3. The van der Waals surface area contributed by atoms with Crippen LogP contribution in [0.5, 0.6) is 0 Å². The molecule has 2 amide bonds. The maximum absolute atomic E-state index is 12.9. The van der Waals surface area contributed by atoms with E-state index in [-0.39, 0.29) is 24.1 Å². The van der Waals surface area contributed by atoms with E-state index in [1.165, 1.54) is 23.9 Å². The average molecular weight is 428 g/mol. The van der Waals surface area contributed by atoms with Crippen LogP contribution in [0.15, 0.2) is 64.0 Å². The molecule has 3 aromatic rings. The Morgan fingerprint density at radius 2 is 1.80 bits per heavy atom. The van der Waals surface area contributed by atoms with Crippen LogP contribution in [0.2, 0.25) is 0 Å². The molecule has 1 heterocycles. The lowest BCUT2D eigenvalue weighted by molar-refractivity contribution is -0.120. The first kappa shape index (κ1) is 21.6. The van der Waals surface area contributed by atoms with Crippen molar-refractivity contribution < 1.29 is 18.5 Å². The number of benzene rings is 2. The standard InChI is InChI=1S/C22H22FN3O3S/c1-15-12-18(29-26-15)14-30-20-5-3-2-4-19(20)22(28)25-11-10-24-21(27)13-16-6-8-17(23)9-7-16/h2-9,12H,10-11,13-14H2,1H3,(H,24,27)(H,25,28). The molecule has 0 unspecified atom stereocenters. The van der Waals surface area contributed by atoms with E-state index >= 15 is 0 Å². The van der Waals surface area contributed by atoms with Crippen LogP contribution >= 0.6 is 11.8 Å². The lowest BCUT2D eigenvalue weighted by Crippen LogP contribution is -2.35. The fraction of sp³-hybridized carbons (Fsp3) is 0.227. The minimum atomic E-state index is -0.337. The van der Waals surface area contributed by atoms with E-state index in [9.17, 15) is 14.0 Å². The summed E-state index contributed by atoms with van der Waals surface area (Å²) in [6.07, 6.45) is 0.162. The van der Waals surface area contributed by atoms with Gasteiger partial charge in [-0.2, -0.15) is 0 Å². The molecule has 0 saturated heterocycles. The predicted molar refractivity (Wildman–Crippen MR) is 113 cm³/mol. The highest BCUT2D eigenvalue weighted by Crippen LogP contribution is 2.26. The van der Waals surface area contributed by atoms with Gasteiger partial charge in [-0.05, 0) is 36.8 Å². The maximum atomic E-state index is 12.9. The molecule has 8 heteroatoms. The summed E-state index contributed by atoms with van der Waals surface area (Å²) in [5.41, 5.74) is 2.11. The first-order chi connectivity index (χ1) is 14.5. The normalized spacial score (nSPS) is 10.6. The summed E-state index contributed by atoms with van der Waals surface area (Å²) in [5.74, 6) is 0.589. The molecule has 0 saturated carbocycles. The van der Waals surface area contributed by atoms with Crippen molar-refractivity contribution in [1.82, 2.24) is 15.8 Å². The summed E-state index contributed by atoms with van der Waals surface area (Å²) in [7, 11) is 0. The summed E-state index contributed by atoms with van der Waals surface area (Å²) in [4.78, 5) is 25.3. The van der Waals surface area contributed by atoms with Gasteiger partial charge in [-0.25, -0.2) is 4.39 Å². The van der Waals surface area contributed by atoms with E-state index in [0.29, 0.717) is 24.4 Å². The van der Waals surface area contributed by atoms with Gasteiger partial charge in [0.2, 0.25) is 5.91 Å². The van der Waals surface area contributed by atoms with Crippen molar-refractivity contribution in [3.8, 4) is 0 Å². The Bertz CT molecular complexity index is 1000. The number of rotatable bonds is 9. The summed E-state index contributed by atoms with van der Waals surface area (Å²) in [6.45, 7) is 2.46. The maximum Gasteiger partial charge on any atom is 0.252 e. The van der Waals surface area contributed by atoms with Crippen LogP contribution in [0.4, 0.5) is 4.39 Å². The van der Waals surface area contributed by atoms with Gasteiger partial charge in [0.25, 0.3) is 5.91 Å². The highest BCUT2D eigenvalue weighted by atomic mass is 32.2. The smallest absolute Gasteiger partial charge is 0.252 e. The number of carbonyl (C=O) groups is 2. The molecule has 0 atom stereocenters. The number of nitrogens with zero attached hydrogens (tertiary/aromatic N) is 1. The molecule has 2 N–H and O–H groups in total. The Morgan fingerprint density at radius 3 is 2.53 bits per heavy atom. The summed E-state index contributed by atoms with van der Waals surface area (Å²) < 4.78 is 18.1. The minimum absolute atomic E-state index is 0.162. The lowest BCUT2D eigenvalue weighted by atomic mass is 10.1. The zero-order chi connectivity index (χ0) is 21.3. The SMILES string of the molecule is Cc1cc(CSc2ccccc2C(=O)NCCNC(=O)Cc2ccc(F)cc2)on1. The number of nitrogens with one attached hydrogen (secondary N) is 2. The van der Waals surface area contributed by atoms with Gasteiger partial charge in [0.05, 0.1) is 23.4 Å². The van der Waals surface area contributed by atoms with Crippen molar-refractivity contribution in [2.45, 2.75) is 24.0 Å². The van der Waals surface area contributed by atoms with Gasteiger partial charge in [0.15, 0.2) is 0 Å². The Kier molecular flexibility index (Phi) is 7.62. The molecule has 2 aromatic carbocycles. The van der Waals surface area contributed by atoms with E-state index in [1.807, 2.05) is 31.2 Å². The Balaban J connectivity index is 1.44. The van der Waals surface area contributed by atoms with Crippen LogP contribution in [-0.4, -0.2) is 30.1 Å². The largest absolute Gasteiger partial charge is 0.360 e. The minimum Gasteiger partial charge on any atom is -0.360 e. The number of thioether (sulfide) groups is 1. The van der Waals surface area contributed by atoms with E-state index < -0.39 is 0 Å². The zero-order valence-electron chi connectivity index (χ0n) is 16.5. The van der Waals surface area contributed by atoms with Crippen LogP contribution in [0.3, 0.4) is 0 Å². The molecule has 0 aliphatic carbocycles. The van der Waals surface area contributed by atoms with Crippen LogP contribution < -0.4 is 10.6 Å². The molecule has 30 heavy (non-hydrogen) atoms. The molecular weight excluding hydrogens is 405 g/mol. The molecule has 156 valence electrons. The molecular formula is C22H22FN3O3S. The fourth-order valence-corrected chi connectivity index (χ4v) is 3.66. The van der Waals surface area contributed by atoms with Gasteiger partial charge in [0, 0.05) is 24.1 Å². The number of carbonyl (C=O) groups excluding carboxylic acids is 2. The monoisotopic (exact) mass is 427 g/mol. The van der Waals surface area contributed by atoms with E-state index in [2.05, 4.69) is 15.8 Å². The number of hydrogen-bond acceptors (Lipinski definition) is 5. The second-order valence-electron chi connectivity index (χ2n) is 6.63. The van der Waals surface area contributed by atoms with Gasteiger partial charge < -0.3 is 15.2 Å². The Morgan fingerprint density at radius 1 is 1.07 bits per heavy atom. The first-order valence-electron chi connectivity index (χ1n) is 9.44. The van der Waals surface area contributed by atoms with Crippen molar-refractivity contribution in [2.24, 2.45) is 0 Å². The fourth-order valence-electron chi connectivity index (χ4n) is 2.74. The quantitative estimate of drug-likeness (QED) is 0.403. The van der Waals surface area contributed by atoms with Crippen molar-refractivity contribution >= 4 is 23.6 Å². The molecule has 1 aromatic heterocycles. The molecule has 0 bridgehead atoms. The van der Waals surface area contributed by atoms with Crippen LogP contribution in [0.25, 0.3) is 0 Å². The van der Waals surface area contributed by atoms with E-state index in [0.717, 1.165) is 21.9 Å². The molecule has 6 nitrogen and oxygen atoms in total. The highest BCUT2D eigenvalue weighted by molar-refractivity contribution is 7.98. The third kappa shape index (κ3) is 6.45. The molecule has 0 spiro atoms. The first-order valence-corrected chi connectivity index (χ1v) is 10.4. The van der Waals surface area contributed by atoms with Gasteiger partial charge in [0.1, 0.15) is 11.6 Å². The number of aryl methyl sites for hydroxylation is 1. The Labute approximate surface area is 178 Å². The third-order valence-corrected chi connectivity index (χ3v) is 5.28. The van der Waals surface area contributed by atoms with Gasteiger partial charge in [-0.1, -0.05) is 29.4 Å². The topological polar surface area (TPSA) is 84.2 Å². The molecule has 0 aliphatic rings. The van der Waals surface area contributed by atoms with Crippen LogP contribution in [-0.2, 0) is 17.0 Å². The average Bonchev–Trinajstić information content (AvgIpc) is 3.16. The second kappa shape index (κ2) is 10.6. The van der Waals surface area contributed by atoms with Gasteiger partial charge in [-0.15, -0.1) is 11.8 Å². The number of amides is 2. The number of halogens is 1. The molecule has 3 rings (SSSR count). The summed E-state index contributed by atoms with van der Waals surface area (Å²) in [6, 6.07) is 15.0. The highest BCUT2D eigenvalue weighted by Gasteiger charge is 2.12. The predicted octanol–water partition coefficient (Wildman–Crippen LogP) is 3.50. The van der Waals surface area contributed by atoms with Crippen LogP contribution in [0, 0.1) is 12.7 Å². The second-order valence-corrected chi connectivity index (χ2v) is 7.65. The van der Waals surface area contributed by atoms with Crippen molar-refractivity contribution in [1.29, 1.82) is 0 Å². The van der Waals surface area contributed by atoms with Crippen LogP contribution in [0.1, 0.15) is 27.4 Å². The summed E-state index contributed by atoms with van der Waals surface area (Å²) in [5, 5.41) is 9.42. The van der Waals surface area contributed by atoms with Crippen molar-refractivity contribution in [3.05, 3.63) is 83.0 Å². The van der Waals surface area contributed by atoms with Crippen molar-refractivity contribution in [3.63, 3.8) is 0 Å². The van der Waals surface area contributed by atoms with Gasteiger partial charge >= 0.3 is 0 Å². The summed E-state index contributed by atoms with van der Waals surface area (Å²) >= 11 is 1.50. The van der Waals surface area contributed by atoms with E-state index in [4.69, 9.17) is 4.52 Å². The Hall–Kier alpha value is -3.13. The van der Waals surface area contributed by atoms with Gasteiger partial charge in [-0.3, -0.25) is 9.59 Å². The molecule has 0 fully saturated rings. The molecule has 0 aliphatic heterocycles. The number of hydrogen-bond donors (Lipinski definition) is 2. The lowest BCUT2D eigenvalue weighted by Gasteiger charge is -2.10. The van der Waals surface area contributed by atoms with E-state index in [1.54, 1.807) is 18.2 Å². The third-order valence-electron chi connectivity index (χ3n) is 4.19. The number of aromatic nitrogens is 1.